The molecule has 0 heterocycles. The van der Waals surface area contributed by atoms with Crippen LogP contribution >= 0.6 is 12.4 Å². The zero-order valence-corrected chi connectivity index (χ0v) is 15.9. The van der Waals surface area contributed by atoms with Crippen molar-refractivity contribution in [1.82, 2.24) is 10.6 Å². The Morgan fingerprint density at radius 2 is 1.92 bits per heavy atom. The summed E-state index contributed by atoms with van der Waals surface area (Å²) in [4.78, 5) is 12.0. The number of carbonyl (C=O) groups is 1. The van der Waals surface area contributed by atoms with Crippen molar-refractivity contribution < 1.29 is 9.53 Å². The molecule has 25 heavy (non-hydrogen) atoms. The highest BCUT2D eigenvalue weighted by Gasteiger charge is 2.15. The summed E-state index contributed by atoms with van der Waals surface area (Å²) in [6.07, 6.45) is 1.82. The third-order valence-electron chi connectivity index (χ3n) is 3.46. The highest BCUT2D eigenvalue weighted by molar-refractivity contribution is 5.88. The van der Waals surface area contributed by atoms with Crippen LogP contribution in [-0.4, -0.2) is 24.6 Å². The number of hydrogen-bond donors (Lipinski definition) is 2. The molecule has 0 saturated carbocycles. The quantitative estimate of drug-likeness (QED) is 0.581. The smallest absolute Gasteiger partial charge is 0.258 e. The van der Waals surface area contributed by atoms with Gasteiger partial charge in [-0.25, -0.2) is 0 Å². The molecule has 0 unspecified atom stereocenters. The van der Waals surface area contributed by atoms with E-state index in [0.717, 1.165) is 22.1 Å². The van der Waals surface area contributed by atoms with Crippen molar-refractivity contribution in [3.63, 3.8) is 0 Å². The van der Waals surface area contributed by atoms with Crippen LogP contribution in [0.15, 0.2) is 49.1 Å². The van der Waals surface area contributed by atoms with E-state index in [1.54, 1.807) is 0 Å². The molecule has 0 radical (unpaired) electrons. The molecule has 0 saturated heterocycles. The molecule has 0 aliphatic heterocycles. The normalized spacial score (nSPS) is 10.8. The molecule has 2 rings (SSSR count). The minimum Gasteiger partial charge on any atom is -0.483 e. The Balaban J connectivity index is 0.00000312. The Morgan fingerprint density at radius 1 is 1.20 bits per heavy atom. The molecule has 0 aromatic heterocycles. The van der Waals surface area contributed by atoms with Gasteiger partial charge in [0, 0.05) is 24.2 Å². The largest absolute Gasteiger partial charge is 0.483 e. The fourth-order valence-electron chi connectivity index (χ4n) is 2.53. The van der Waals surface area contributed by atoms with Gasteiger partial charge < -0.3 is 15.4 Å². The lowest BCUT2D eigenvalue weighted by Gasteiger charge is -2.21. The number of hydrogen-bond acceptors (Lipinski definition) is 3. The zero-order valence-electron chi connectivity index (χ0n) is 15.1. The topological polar surface area (TPSA) is 50.4 Å². The van der Waals surface area contributed by atoms with Crippen LogP contribution in [0.25, 0.3) is 10.8 Å². The van der Waals surface area contributed by atoms with Gasteiger partial charge in [-0.15, -0.1) is 19.0 Å². The molecule has 0 bridgehead atoms. The van der Waals surface area contributed by atoms with Crippen LogP contribution in [0, 0.1) is 0 Å². The number of ether oxygens (including phenoxy) is 1. The van der Waals surface area contributed by atoms with Crippen LogP contribution in [-0.2, 0) is 11.3 Å². The summed E-state index contributed by atoms with van der Waals surface area (Å²) in [7, 11) is 0. The van der Waals surface area contributed by atoms with E-state index < -0.39 is 0 Å². The van der Waals surface area contributed by atoms with Crippen molar-refractivity contribution in [3.05, 3.63) is 54.6 Å². The monoisotopic (exact) mass is 362 g/mol. The van der Waals surface area contributed by atoms with Crippen LogP contribution in [0.2, 0.25) is 0 Å². The molecule has 0 fully saturated rings. The number of carbonyl (C=O) groups excluding carboxylic acids is 1. The first-order valence-electron chi connectivity index (χ1n) is 8.17. The summed E-state index contributed by atoms with van der Waals surface area (Å²) in [6.45, 7) is 10.9. The van der Waals surface area contributed by atoms with Crippen molar-refractivity contribution in [2.75, 3.05) is 13.2 Å². The molecule has 136 valence electrons. The van der Waals surface area contributed by atoms with Crippen molar-refractivity contribution in [1.29, 1.82) is 0 Å². The molecule has 5 heteroatoms. The number of amides is 1. The van der Waals surface area contributed by atoms with E-state index in [2.05, 4.69) is 29.3 Å². The highest BCUT2D eigenvalue weighted by Crippen LogP contribution is 2.28. The SMILES string of the molecule is C=CCNCc1c(OCC(=O)NC(C)(C)C)ccc2ccccc12.Cl. The average molecular weight is 363 g/mol. The van der Waals surface area contributed by atoms with Crippen LogP contribution in [0.1, 0.15) is 26.3 Å². The lowest BCUT2D eigenvalue weighted by molar-refractivity contribution is -0.124. The van der Waals surface area contributed by atoms with E-state index in [-0.39, 0.29) is 30.5 Å². The summed E-state index contributed by atoms with van der Waals surface area (Å²) in [6, 6.07) is 12.1. The second-order valence-electron chi connectivity index (χ2n) is 6.77. The molecule has 0 atom stereocenters. The lowest BCUT2D eigenvalue weighted by atomic mass is 10.0. The molecule has 0 aliphatic rings. The first kappa shape index (κ1) is 21.0. The van der Waals surface area contributed by atoms with Crippen LogP contribution in [0.3, 0.4) is 0 Å². The molecule has 1 amide bonds. The zero-order chi connectivity index (χ0) is 17.6. The maximum Gasteiger partial charge on any atom is 0.258 e. The van der Waals surface area contributed by atoms with Gasteiger partial charge in [0.25, 0.3) is 5.91 Å². The van der Waals surface area contributed by atoms with Crippen molar-refractivity contribution in [3.8, 4) is 5.75 Å². The lowest BCUT2D eigenvalue weighted by Crippen LogP contribution is -2.43. The fraction of sp³-hybridized carbons (Fsp3) is 0.350. The molecule has 0 spiro atoms. The summed E-state index contributed by atoms with van der Waals surface area (Å²) < 4.78 is 5.81. The Bertz CT molecular complexity index is 723. The van der Waals surface area contributed by atoms with Crippen LogP contribution in [0.4, 0.5) is 0 Å². The van der Waals surface area contributed by atoms with Crippen molar-refractivity contribution in [2.45, 2.75) is 32.9 Å². The van der Waals surface area contributed by atoms with Gasteiger partial charge in [-0.1, -0.05) is 36.4 Å². The van der Waals surface area contributed by atoms with E-state index in [1.807, 2.05) is 51.1 Å². The standard InChI is InChI=1S/C20H26N2O2.ClH/c1-5-12-21-13-17-16-9-7-6-8-15(16)10-11-18(17)24-14-19(23)22-20(2,3)4;/h5-11,21H,1,12-14H2,2-4H3,(H,22,23);1H. The van der Waals surface area contributed by atoms with E-state index in [1.165, 1.54) is 0 Å². The predicted octanol–water partition coefficient (Wildman–Crippen LogP) is 3.83. The highest BCUT2D eigenvalue weighted by atomic mass is 35.5. The van der Waals surface area contributed by atoms with Gasteiger partial charge in [0.1, 0.15) is 5.75 Å². The van der Waals surface area contributed by atoms with Crippen molar-refractivity contribution in [2.24, 2.45) is 0 Å². The molecular formula is C20H27ClN2O2. The minimum absolute atomic E-state index is 0. The van der Waals surface area contributed by atoms with Gasteiger partial charge in [0.2, 0.25) is 0 Å². The van der Waals surface area contributed by atoms with Crippen molar-refractivity contribution >= 4 is 29.1 Å². The van der Waals surface area contributed by atoms with Crippen LogP contribution in [0.5, 0.6) is 5.75 Å². The summed E-state index contributed by atoms with van der Waals surface area (Å²) in [5.41, 5.74) is 0.788. The van der Waals surface area contributed by atoms with Gasteiger partial charge in [-0.2, -0.15) is 0 Å². The van der Waals surface area contributed by atoms with E-state index in [4.69, 9.17) is 4.74 Å². The number of benzene rings is 2. The van der Waals surface area contributed by atoms with E-state index in [0.29, 0.717) is 13.1 Å². The Kier molecular flexibility index (Phi) is 7.94. The molecule has 2 N–H and O–H groups in total. The minimum atomic E-state index is -0.266. The number of rotatable bonds is 7. The molecule has 0 aliphatic carbocycles. The third-order valence-corrected chi connectivity index (χ3v) is 3.46. The summed E-state index contributed by atoms with van der Waals surface area (Å²) >= 11 is 0. The van der Waals surface area contributed by atoms with Gasteiger partial charge in [0.05, 0.1) is 0 Å². The van der Waals surface area contributed by atoms with Gasteiger partial charge in [0.15, 0.2) is 6.61 Å². The number of halogens is 1. The van der Waals surface area contributed by atoms with E-state index in [9.17, 15) is 4.79 Å². The number of fused-ring (bicyclic) bond motifs is 1. The Labute approximate surface area is 156 Å². The Hall–Kier alpha value is -2.04. The second kappa shape index (κ2) is 9.44. The fourth-order valence-corrected chi connectivity index (χ4v) is 2.53. The maximum absolute atomic E-state index is 12.0. The summed E-state index contributed by atoms with van der Waals surface area (Å²) in [5, 5.41) is 8.50. The predicted molar refractivity (Wildman–Crippen MR) is 106 cm³/mol. The van der Waals surface area contributed by atoms with Crippen LogP contribution < -0.4 is 15.4 Å². The van der Waals surface area contributed by atoms with Gasteiger partial charge in [-0.05, 0) is 37.6 Å². The van der Waals surface area contributed by atoms with Gasteiger partial charge in [-0.3, -0.25) is 4.79 Å². The first-order valence-corrected chi connectivity index (χ1v) is 8.17. The Morgan fingerprint density at radius 3 is 2.60 bits per heavy atom. The second-order valence-corrected chi connectivity index (χ2v) is 6.77. The van der Waals surface area contributed by atoms with E-state index >= 15 is 0 Å². The van der Waals surface area contributed by atoms with Gasteiger partial charge >= 0.3 is 0 Å². The first-order chi connectivity index (χ1) is 11.4. The average Bonchev–Trinajstić information content (AvgIpc) is 2.52. The maximum atomic E-state index is 12.0. The molecule has 2 aromatic rings. The number of nitrogens with one attached hydrogen (secondary N) is 2. The molecule has 4 nitrogen and oxygen atoms in total. The third kappa shape index (κ3) is 6.40. The summed E-state index contributed by atoms with van der Waals surface area (Å²) in [5.74, 6) is 0.606. The molecule has 2 aromatic carbocycles. The molecular weight excluding hydrogens is 336 g/mol.